The van der Waals surface area contributed by atoms with Crippen molar-refractivity contribution in [1.82, 2.24) is 9.38 Å². The predicted molar refractivity (Wildman–Crippen MR) is 61.2 cm³/mol. The van der Waals surface area contributed by atoms with E-state index in [1.807, 2.05) is 31.1 Å². The standard InChI is InChI=1S/C11H13N3O2/c1-7-10(11(15)16)14-6-8(13(2)3)4-5-9(14)12-7/h4-6H,1-3H3,(H,15,16). The van der Waals surface area contributed by atoms with E-state index in [4.69, 9.17) is 5.11 Å². The fourth-order valence-corrected chi connectivity index (χ4v) is 1.67. The molecule has 0 amide bonds. The van der Waals surface area contributed by atoms with E-state index in [1.54, 1.807) is 17.5 Å². The number of carbonyl (C=O) groups is 1. The Morgan fingerprint density at radius 3 is 2.69 bits per heavy atom. The van der Waals surface area contributed by atoms with Gasteiger partial charge in [0.25, 0.3) is 0 Å². The lowest BCUT2D eigenvalue weighted by molar-refractivity contribution is 0.0688. The zero-order chi connectivity index (χ0) is 11.9. The maximum Gasteiger partial charge on any atom is 0.354 e. The molecule has 0 aliphatic rings. The summed E-state index contributed by atoms with van der Waals surface area (Å²) in [4.78, 5) is 17.2. The lowest BCUT2D eigenvalue weighted by atomic mass is 10.3. The normalized spacial score (nSPS) is 10.7. The monoisotopic (exact) mass is 219 g/mol. The van der Waals surface area contributed by atoms with E-state index >= 15 is 0 Å². The summed E-state index contributed by atoms with van der Waals surface area (Å²) in [5.41, 5.74) is 2.34. The van der Waals surface area contributed by atoms with Crippen LogP contribution in [0.5, 0.6) is 0 Å². The first kappa shape index (κ1) is 10.5. The smallest absolute Gasteiger partial charge is 0.354 e. The van der Waals surface area contributed by atoms with Gasteiger partial charge in [0.05, 0.1) is 11.4 Å². The van der Waals surface area contributed by atoms with Crippen LogP contribution >= 0.6 is 0 Å². The average Bonchev–Trinajstić information content (AvgIpc) is 2.51. The summed E-state index contributed by atoms with van der Waals surface area (Å²) in [6.45, 7) is 1.70. The lowest BCUT2D eigenvalue weighted by Gasteiger charge is -2.12. The van der Waals surface area contributed by atoms with E-state index in [1.165, 1.54) is 0 Å². The molecule has 2 heterocycles. The van der Waals surface area contributed by atoms with Gasteiger partial charge in [-0.2, -0.15) is 0 Å². The molecule has 84 valence electrons. The highest BCUT2D eigenvalue weighted by Gasteiger charge is 2.15. The van der Waals surface area contributed by atoms with E-state index in [0.29, 0.717) is 11.3 Å². The lowest BCUT2D eigenvalue weighted by Crippen LogP contribution is -2.10. The third-order valence-corrected chi connectivity index (χ3v) is 2.50. The number of imidazole rings is 1. The van der Waals surface area contributed by atoms with Crippen molar-refractivity contribution in [2.24, 2.45) is 0 Å². The topological polar surface area (TPSA) is 57.8 Å². The number of aromatic nitrogens is 2. The van der Waals surface area contributed by atoms with Crippen molar-refractivity contribution < 1.29 is 9.90 Å². The molecule has 0 aromatic carbocycles. The van der Waals surface area contributed by atoms with Gasteiger partial charge in [0.2, 0.25) is 0 Å². The summed E-state index contributed by atoms with van der Waals surface area (Å²) in [5, 5.41) is 9.11. The summed E-state index contributed by atoms with van der Waals surface area (Å²) in [7, 11) is 3.82. The van der Waals surface area contributed by atoms with Gasteiger partial charge in [-0.1, -0.05) is 0 Å². The molecule has 0 bridgehead atoms. The fourth-order valence-electron chi connectivity index (χ4n) is 1.67. The van der Waals surface area contributed by atoms with E-state index in [2.05, 4.69) is 4.98 Å². The third kappa shape index (κ3) is 1.50. The average molecular weight is 219 g/mol. The van der Waals surface area contributed by atoms with Gasteiger partial charge in [-0.25, -0.2) is 9.78 Å². The predicted octanol–water partition coefficient (Wildman–Crippen LogP) is 1.41. The van der Waals surface area contributed by atoms with Crippen molar-refractivity contribution >= 4 is 17.3 Å². The molecule has 2 rings (SSSR count). The minimum absolute atomic E-state index is 0.221. The van der Waals surface area contributed by atoms with Gasteiger partial charge in [0, 0.05) is 20.3 Å². The van der Waals surface area contributed by atoms with Gasteiger partial charge in [0.15, 0.2) is 5.69 Å². The molecule has 0 atom stereocenters. The van der Waals surface area contributed by atoms with Gasteiger partial charge < -0.3 is 10.0 Å². The van der Waals surface area contributed by atoms with Gasteiger partial charge in [-0.3, -0.25) is 4.40 Å². The van der Waals surface area contributed by atoms with Crippen LogP contribution in [0.4, 0.5) is 5.69 Å². The van der Waals surface area contributed by atoms with Gasteiger partial charge >= 0.3 is 5.97 Å². The second-order valence-electron chi connectivity index (χ2n) is 3.86. The maximum atomic E-state index is 11.1. The molecule has 0 fully saturated rings. The quantitative estimate of drug-likeness (QED) is 0.829. The van der Waals surface area contributed by atoms with E-state index in [0.717, 1.165) is 5.69 Å². The first-order chi connectivity index (χ1) is 7.50. The molecular weight excluding hydrogens is 206 g/mol. The number of fused-ring (bicyclic) bond motifs is 1. The summed E-state index contributed by atoms with van der Waals surface area (Å²) in [5.74, 6) is -0.957. The summed E-state index contributed by atoms with van der Waals surface area (Å²) < 4.78 is 1.60. The molecule has 0 spiro atoms. The number of nitrogens with zero attached hydrogens (tertiary/aromatic N) is 3. The highest BCUT2D eigenvalue weighted by molar-refractivity contribution is 5.88. The maximum absolute atomic E-state index is 11.1. The van der Waals surface area contributed by atoms with E-state index < -0.39 is 5.97 Å². The minimum atomic E-state index is -0.957. The molecule has 0 unspecified atom stereocenters. The molecule has 16 heavy (non-hydrogen) atoms. The molecule has 0 aliphatic heterocycles. The van der Waals surface area contributed by atoms with Crippen LogP contribution in [0.1, 0.15) is 16.2 Å². The van der Waals surface area contributed by atoms with Crippen LogP contribution in [-0.2, 0) is 0 Å². The molecule has 5 nitrogen and oxygen atoms in total. The Balaban J connectivity index is 2.74. The number of aromatic carboxylic acids is 1. The largest absolute Gasteiger partial charge is 0.477 e. The van der Waals surface area contributed by atoms with E-state index in [-0.39, 0.29) is 5.69 Å². The van der Waals surface area contributed by atoms with Crippen LogP contribution in [0.25, 0.3) is 5.65 Å². The van der Waals surface area contributed by atoms with Crippen molar-refractivity contribution in [3.05, 3.63) is 29.7 Å². The van der Waals surface area contributed by atoms with Crippen LogP contribution in [0.15, 0.2) is 18.3 Å². The Morgan fingerprint density at radius 1 is 1.44 bits per heavy atom. The number of anilines is 1. The van der Waals surface area contributed by atoms with Crippen LogP contribution < -0.4 is 4.90 Å². The third-order valence-electron chi connectivity index (χ3n) is 2.50. The minimum Gasteiger partial charge on any atom is -0.477 e. The van der Waals surface area contributed by atoms with Gasteiger partial charge in [-0.05, 0) is 19.1 Å². The Morgan fingerprint density at radius 2 is 2.12 bits per heavy atom. The molecule has 0 radical (unpaired) electrons. The highest BCUT2D eigenvalue weighted by Crippen LogP contribution is 2.17. The van der Waals surface area contributed by atoms with Crippen molar-refractivity contribution in [2.75, 3.05) is 19.0 Å². The number of carboxylic acid groups (broad SMARTS) is 1. The van der Waals surface area contributed by atoms with Crippen molar-refractivity contribution in [2.45, 2.75) is 6.92 Å². The molecule has 5 heteroatoms. The first-order valence-corrected chi connectivity index (χ1v) is 4.90. The van der Waals surface area contributed by atoms with Crippen LogP contribution in [0, 0.1) is 6.92 Å². The highest BCUT2D eigenvalue weighted by atomic mass is 16.4. The zero-order valence-electron chi connectivity index (χ0n) is 9.43. The number of aryl methyl sites for hydroxylation is 1. The molecular formula is C11H13N3O2. The summed E-state index contributed by atoms with van der Waals surface area (Å²) in [6.07, 6.45) is 1.78. The number of hydrogen-bond donors (Lipinski definition) is 1. The molecule has 2 aromatic rings. The van der Waals surface area contributed by atoms with Crippen LogP contribution in [0.2, 0.25) is 0 Å². The van der Waals surface area contributed by atoms with Gasteiger partial charge in [0.1, 0.15) is 5.65 Å². The zero-order valence-corrected chi connectivity index (χ0v) is 9.43. The fraction of sp³-hybridized carbons (Fsp3) is 0.273. The van der Waals surface area contributed by atoms with Crippen molar-refractivity contribution in [3.63, 3.8) is 0 Å². The Bertz CT molecular complexity index is 558. The molecule has 1 N–H and O–H groups in total. The molecule has 0 saturated carbocycles. The second-order valence-corrected chi connectivity index (χ2v) is 3.86. The van der Waals surface area contributed by atoms with Crippen molar-refractivity contribution in [3.8, 4) is 0 Å². The summed E-state index contributed by atoms with van der Waals surface area (Å²) in [6, 6.07) is 3.72. The number of pyridine rings is 1. The Labute approximate surface area is 92.9 Å². The Kier molecular flexibility index (Phi) is 2.30. The van der Waals surface area contributed by atoms with Crippen LogP contribution in [0.3, 0.4) is 0 Å². The van der Waals surface area contributed by atoms with Crippen molar-refractivity contribution in [1.29, 1.82) is 0 Å². The number of rotatable bonds is 2. The Hall–Kier alpha value is -2.04. The molecule has 2 aromatic heterocycles. The number of hydrogen-bond acceptors (Lipinski definition) is 3. The summed E-state index contributed by atoms with van der Waals surface area (Å²) >= 11 is 0. The number of carboxylic acids is 1. The first-order valence-electron chi connectivity index (χ1n) is 4.90. The SMILES string of the molecule is Cc1nc2ccc(N(C)C)cn2c1C(=O)O. The molecule has 0 saturated heterocycles. The second kappa shape index (κ2) is 3.52. The molecule has 0 aliphatic carbocycles. The van der Waals surface area contributed by atoms with E-state index in [9.17, 15) is 4.79 Å². The van der Waals surface area contributed by atoms with Gasteiger partial charge in [-0.15, -0.1) is 0 Å². The van der Waals surface area contributed by atoms with Crippen LogP contribution in [-0.4, -0.2) is 34.6 Å².